The number of hydrogen-bond donors (Lipinski definition) is 2. The summed E-state index contributed by atoms with van der Waals surface area (Å²) in [6.45, 7) is 7.74. The van der Waals surface area contributed by atoms with Gasteiger partial charge in [0.05, 0.1) is 44.1 Å². The number of esters is 1. The molecule has 0 spiro atoms. The van der Waals surface area contributed by atoms with Crippen molar-refractivity contribution in [3.8, 4) is 22.6 Å². The molecule has 1 aromatic heterocycles. The van der Waals surface area contributed by atoms with Gasteiger partial charge in [-0.25, -0.2) is 14.3 Å². The highest BCUT2D eigenvalue weighted by Crippen LogP contribution is 2.40. The van der Waals surface area contributed by atoms with Crippen LogP contribution >= 0.6 is 0 Å². The van der Waals surface area contributed by atoms with E-state index in [0.29, 0.717) is 16.7 Å². The molecule has 302 valence electrons. The quantitative estimate of drug-likeness (QED) is 0.0355. The molecule has 4 N–H and O–H groups in total. The van der Waals surface area contributed by atoms with Gasteiger partial charge in [0.25, 0.3) is 0 Å². The highest BCUT2D eigenvalue weighted by atomic mass is 19.3. The predicted molar refractivity (Wildman–Crippen MR) is 190 cm³/mol. The molecule has 1 heterocycles. The van der Waals surface area contributed by atoms with E-state index in [9.17, 15) is 35.9 Å². The fourth-order valence-electron chi connectivity index (χ4n) is 5.72. The maximum absolute atomic E-state index is 14.3. The molecule has 0 bridgehead atoms. The van der Waals surface area contributed by atoms with E-state index in [2.05, 4.69) is 16.4 Å². The molecule has 0 amide bonds. The Morgan fingerprint density at radius 3 is 2.02 bits per heavy atom. The molecule has 3 rings (SSSR count). The van der Waals surface area contributed by atoms with E-state index in [1.165, 1.54) is 46.1 Å². The molecule has 0 radical (unpaired) electrons. The molecule has 1 unspecified atom stereocenters. The number of alkyl halides is 6. The summed E-state index contributed by atoms with van der Waals surface area (Å²) in [5.74, 6) is -0.588. The first-order valence-corrected chi connectivity index (χ1v) is 17.5. The number of carbonyl (C=O) groups excluding carboxylic acids is 1. The smallest absolute Gasteiger partial charge is 0.494 e. The maximum atomic E-state index is 14.3. The van der Waals surface area contributed by atoms with Crippen molar-refractivity contribution in [2.75, 3.05) is 20.3 Å². The van der Waals surface area contributed by atoms with Crippen LogP contribution in [-0.4, -0.2) is 55.9 Å². The van der Waals surface area contributed by atoms with Crippen molar-refractivity contribution in [2.45, 2.75) is 116 Å². The van der Waals surface area contributed by atoms with E-state index < -0.39 is 72.7 Å². The Hall–Kier alpha value is -3.86. The van der Waals surface area contributed by atoms with Crippen LogP contribution in [-0.2, 0) is 25.4 Å². The zero-order valence-electron chi connectivity index (χ0n) is 31.6. The van der Waals surface area contributed by atoms with Crippen LogP contribution in [0.2, 0.25) is 0 Å². The molecule has 0 saturated heterocycles. The first kappa shape index (κ1) is 44.5. The van der Waals surface area contributed by atoms with Crippen molar-refractivity contribution in [1.29, 1.82) is 0 Å². The van der Waals surface area contributed by atoms with E-state index in [4.69, 9.17) is 30.1 Å². The average Bonchev–Trinajstić information content (AvgIpc) is 3.01. The maximum Gasteiger partial charge on any atom is 0.494 e. The Morgan fingerprint density at radius 1 is 0.815 bits per heavy atom. The van der Waals surface area contributed by atoms with Crippen LogP contribution in [0.5, 0.6) is 11.5 Å². The van der Waals surface area contributed by atoms with Crippen molar-refractivity contribution in [1.82, 2.24) is 0 Å². The molecule has 1 atom stereocenters. The summed E-state index contributed by atoms with van der Waals surface area (Å²) < 4.78 is 113. The molecular formula is C38H50F6N2O8. The molecule has 0 aliphatic carbocycles. The first-order chi connectivity index (χ1) is 24.8. The summed E-state index contributed by atoms with van der Waals surface area (Å²) in [6.07, 6.45) is -14.0. The number of fused-ring (bicyclic) bond motifs is 1. The number of halogens is 6. The molecule has 0 saturated carbocycles. The van der Waals surface area contributed by atoms with E-state index >= 15 is 0 Å². The predicted octanol–water partition coefficient (Wildman–Crippen LogP) is 8.54. The summed E-state index contributed by atoms with van der Waals surface area (Å²) in [4.78, 5) is 25.8. The van der Waals surface area contributed by atoms with Crippen molar-refractivity contribution >= 4 is 16.9 Å². The van der Waals surface area contributed by atoms with Crippen LogP contribution in [0.1, 0.15) is 85.6 Å². The van der Waals surface area contributed by atoms with Gasteiger partial charge in [-0.3, -0.25) is 4.79 Å². The van der Waals surface area contributed by atoms with Gasteiger partial charge in [0.2, 0.25) is 0 Å². The monoisotopic (exact) mass is 776 g/mol. The Kier molecular flexibility index (Phi) is 14.3. The second-order valence-corrected chi connectivity index (χ2v) is 14.8. The van der Waals surface area contributed by atoms with Gasteiger partial charge in [0.1, 0.15) is 17.1 Å². The van der Waals surface area contributed by atoms with Crippen LogP contribution in [0, 0.1) is 5.41 Å². The molecule has 0 aliphatic heterocycles. The van der Waals surface area contributed by atoms with E-state index in [1.54, 1.807) is 26.0 Å². The normalized spacial score (nSPS) is 14.2. The Bertz CT molecular complexity index is 1790. The van der Waals surface area contributed by atoms with Crippen molar-refractivity contribution in [2.24, 2.45) is 16.9 Å². The van der Waals surface area contributed by atoms with Gasteiger partial charge in [0.15, 0.2) is 0 Å². The Labute approximate surface area is 310 Å². The number of benzene rings is 2. The lowest BCUT2D eigenvalue weighted by Crippen LogP contribution is -2.58. The summed E-state index contributed by atoms with van der Waals surface area (Å²) in [6, 6.07) is 11.2. The third-order valence-corrected chi connectivity index (χ3v) is 8.84. The lowest BCUT2D eigenvalue weighted by molar-refractivity contribution is -0.514. The third-order valence-electron chi connectivity index (χ3n) is 8.84. The minimum atomic E-state index is -5.46. The molecule has 54 heavy (non-hydrogen) atoms. The average molecular weight is 777 g/mol. The number of unbranched alkanes of at least 4 members (excludes halogenated alkanes) is 2. The molecule has 10 nitrogen and oxygen atoms in total. The zero-order chi connectivity index (χ0) is 40.8. The molecule has 3 aromatic rings. The molecule has 2 aromatic carbocycles. The van der Waals surface area contributed by atoms with Crippen LogP contribution < -0.4 is 26.6 Å². The lowest BCUT2D eigenvalue weighted by atomic mass is 9.67. The van der Waals surface area contributed by atoms with Gasteiger partial charge in [0, 0.05) is 28.1 Å². The largest absolute Gasteiger partial charge is 0.496 e. The van der Waals surface area contributed by atoms with Crippen LogP contribution in [0.15, 0.2) is 51.7 Å². The summed E-state index contributed by atoms with van der Waals surface area (Å²) in [7, 11) is 1.49. The zero-order valence-corrected chi connectivity index (χ0v) is 31.6. The van der Waals surface area contributed by atoms with E-state index in [1.807, 2.05) is 12.1 Å². The Balaban J connectivity index is 1.58. The number of ether oxygens (including phenoxy) is 5. The SMILES string of the molecule is CCCCCc1ccc(-c2cc3ccc(OCCC(F)(F)OC(F)(F)OC(F)(F)CCOC(=O)C(C)(CC(C)(C)N)C(C)(C)N)cc3oc2=O)c(OC)c1. The first-order valence-electron chi connectivity index (χ1n) is 17.5. The number of methoxy groups -OCH3 is 1. The van der Waals surface area contributed by atoms with Gasteiger partial charge in [-0.2, -0.15) is 17.6 Å². The van der Waals surface area contributed by atoms with Gasteiger partial charge < -0.3 is 30.1 Å². The lowest BCUT2D eigenvalue weighted by Gasteiger charge is -2.42. The number of aryl methyl sites for hydroxylation is 1. The second-order valence-electron chi connectivity index (χ2n) is 14.8. The highest BCUT2D eigenvalue weighted by molar-refractivity contribution is 5.84. The topological polar surface area (TPSA) is 145 Å². The van der Waals surface area contributed by atoms with Crippen LogP contribution in [0.25, 0.3) is 22.1 Å². The second kappa shape index (κ2) is 17.3. The summed E-state index contributed by atoms with van der Waals surface area (Å²) >= 11 is 0. The molecule has 0 aliphatic rings. The van der Waals surface area contributed by atoms with Gasteiger partial charge in [-0.05, 0) is 83.7 Å². The van der Waals surface area contributed by atoms with Gasteiger partial charge in [-0.15, -0.1) is 8.78 Å². The van der Waals surface area contributed by atoms with Crippen molar-refractivity contribution in [3.05, 3.63) is 58.4 Å². The van der Waals surface area contributed by atoms with Crippen molar-refractivity contribution < 1.29 is 59.2 Å². The highest BCUT2D eigenvalue weighted by Gasteiger charge is 2.53. The minimum Gasteiger partial charge on any atom is -0.496 e. The van der Waals surface area contributed by atoms with E-state index in [-0.39, 0.29) is 23.3 Å². The molecule has 16 heteroatoms. The number of nitrogens with two attached hydrogens (primary N) is 2. The number of rotatable bonds is 21. The minimum absolute atomic E-state index is 0.0111. The molecular weight excluding hydrogens is 726 g/mol. The van der Waals surface area contributed by atoms with Gasteiger partial charge >= 0.3 is 30.1 Å². The van der Waals surface area contributed by atoms with Crippen molar-refractivity contribution in [3.63, 3.8) is 0 Å². The molecule has 0 fully saturated rings. The van der Waals surface area contributed by atoms with Crippen LogP contribution in [0.4, 0.5) is 26.3 Å². The number of carbonyl (C=O) groups is 1. The summed E-state index contributed by atoms with van der Waals surface area (Å²) in [5, 5.41) is 0.462. The fraction of sp³-hybridized carbons (Fsp3) is 0.579. The third kappa shape index (κ3) is 12.6. The number of hydrogen-bond acceptors (Lipinski definition) is 10. The standard InChI is InChI=1S/C38H50F6N2O8/c1-8-9-10-11-24-12-15-27(30(20-24)49-7)28-21-25-13-14-26(22-29(25)52-31(28)47)50-18-16-36(39,40)53-38(43,44)54-37(41,42)17-19-51-32(48)35(6,34(4,5)46)23-33(2,3)45/h12-15,20-22H,8-11,16-19,23,45-46H2,1-7H3. The van der Waals surface area contributed by atoms with E-state index in [0.717, 1.165) is 31.2 Å². The van der Waals surface area contributed by atoms with Crippen LogP contribution in [0.3, 0.4) is 0 Å². The fourth-order valence-corrected chi connectivity index (χ4v) is 5.72. The Morgan fingerprint density at radius 2 is 1.44 bits per heavy atom. The van der Waals surface area contributed by atoms with Gasteiger partial charge in [-0.1, -0.05) is 31.9 Å². The summed E-state index contributed by atoms with van der Waals surface area (Å²) in [5.41, 5.74) is 9.67.